The third-order valence-electron chi connectivity index (χ3n) is 2.35. The molecule has 0 atom stereocenters. The fraction of sp³-hybridized carbons (Fsp3) is 0.417. The maximum atomic E-state index is 11.9. The van der Waals surface area contributed by atoms with Gasteiger partial charge in [0.25, 0.3) is 0 Å². The normalized spacial score (nSPS) is 12.7. The van der Waals surface area contributed by atoms with E-state index >= 15 is 0 Å². The molecule has 3 N–H and O–H groups in total. The van der Waals surface area contributed by atoms with E-state index in [1.807, 2.05) is 0 Å². The van der Waals surface area contributed by atoms with Crippen LogP contribution in [0, 0.1) is 0 Å². The molecule has 0 aliphatic rings. The van der Waals surface area contributed by atoms with Crippen LogP contribution in [0.3, 0.4) is 0 Å². The minimum absolute atomic E-state index is 0.0288. The molecule has 0 spiro atoms. The molecule has 0 aromatic heterocycles. The van der Waals surface area contributed by atoms with Crippen LogP contribution in [0.4, 0.5) is 13.2 Å². The Labute approximate surface area is 108 Å². The largest absolute Gasteiger partial charge is 0.409 e. The number of hydrogen-bond donors (Lipinski definition) is 2. The first-order valence-corrected chi connectivity index (χ1v) is 5.64. The van der Waals surface area contributed by atoms with Gasteiger partial charge in [-0.2, -0.15) is 13.2 Å². The van der Waals surface area contributed by atoms with Crippen molar-refractivity contribution in [1.82, 2.24) is 0 Å². The van der Waals surface area contributed by atoms with Gasteiger partial charge in [0.15, 0.2) is 5.84 Å². The van der Waals surface area contributed by atoms with E-state index in [0.717, 1.165) is 5.56 Å². The molecule has 0 aliphatic carbocycles. The molecular formula is C12H15F3N2O2. The maximum absolute atomic E-state index is 11.9. The fourth-order valence-corrected chi connectivity index (χ4v) is 1.44. The summed E-state index contributed by atoms with van der Waals surface area (Å²) in [5.74, 6) is -0.0288. The van der Waals surface area contributed by atoms with E-state index in [1.165, 1.54) is 0 Å². The standard InChI is InChI=1S/C12H15F3N2O2/c13-12(14,15)5-2-6-19-8-9-3-1-4-10(7-9)11(16)17-18/h1,3-4,7,18H,2,5-6,8H2,(H2,16,17). The highest BCUT2D eigenvalue weighted by Gasteiger charge is 2.25. The number of ether oxygens (including phenoxy) is 1. The number of benzene rings is 1. The summed E-state index contributed by atoms with van der Waals surface area (Å²) in [6.45, 7) is 0.220. The molecule has 1 aromatic carbocycles. The van der Waals surface area contributed by atoms with Crippen LogP contribution < -0.4 is 5.73 Å². The molecular weight excluding hydrogens is 261 g/mol. The quantitative estimate of drug-likeness (QED) is 0.276. The smallest absolute Gasteiger partial charge is 0.389 e. The van der Waals surface area contributed by atoms with Crippen molar-refractivity contribution >= 4 is 5.84 Å². The third-order valence-corrected chi connectivity index (χ3v) is 2.35. The second-order valence-corrected chi connectivity index (χ2v) is 3.96. The SMILES string of the molecule is N/C(=N/O)c1cccc(COCCCC(F)(F)F)c1. The van der Waals surface area contributed by atoms with Crippen LogP contribution in [0.2, 0.25) is 0 Å². The molecule has 0 amide bonds. The van der Waals surface area contributed by atoms with Gasteiger partial charge in [-0.3, -0.25) is 0 Å². The van der Waals surface area contributed by atoms with Gasteiger partial charge in [0, 0.05) is 18.6 Å². The van der Waals surface area contributed by atoms with Gasteiger partial charge in [0.05, 0.1) is 6.61 Å². The second-order valence-electron chi connectivity index (χ2n) is 3.96. The Bertz CT molecular complexity index is 433. The van der Waals surface area contributed by atoms with Gasteiger partial charge in [-0.1, -0.05) is 23.4 Å². The van der Waals surface area contributed by atoms with Gasteiger partial charge < -0.3 is 15.7 Å². The number of nitrogens with two attached hydrogens (primary N) is 1. The first-order valence-electron chi connectivity index (χ1n) is 5.64. The van der Waals surface area contributed by atoms with E-state index in [1.54, 1.807) is 24.3 Å². The molecule has 0 saturated carbocycles. The molecule has 0 fully saturated rings. The predicted octanol–water partition coefficient (Wildman–Crippen LogP) is 2.64. The lowest BCUT2D eigenvalue weighted by Gasteiger charge is -2.07. The van der Waals surface area contributed by atoms with E-state index in [4.69, 9.17) is 15.7 Å². The number of oxime groups is 1. The van der Waals surface area contributed by atoms with Crippen LogP contribution in [0.25, 0.3) is 0 Å². The van der Waals surface area contributed by atoms with Crippen molar-refractivity contribution < 1.29 is 23.1 Å². The Morgan fingerprint density at radius 3 is 2.74 bits per heavy atom. The molecule has 0 bridgehead atoms. The predicted molar refractivity (Wildman–Crippen MR) is 63.9 cm³/mol. The summed E-state index contributed by atoms with van der Waals surface area (Å²) < 4.78 is 40.8. The van der Waals surface area contributed by atoms with Crippen molar-refractivity contribution in [2.45, 2.75) is 25.6 Å². The average Bonchev–Trinajstić information content (AvgIpc) is 2.36. The lowest BCUT2D eigenvalue weighted by atomic mass is 10.1. The highest BCUT2D eigenvalue weighted by molar-refractivity contribution is 5.97. The van der Waals surface area contributed by atoms with Crippen LogP contribution in [-0.2, 0) is 11.3 Å². The van der Waals surface area contributed by atoms with Crippen LogP contribution >= 0.6 is 0 Å². The van der Waals surface area contributed by atoms with E-state index in [2.05, 4.69) is 5.16 Å². The molecule has 1 aromatic rings. The Morgan fingerprint density at radius 1 is 1.37 bits per heavy atom. The molecule has 4 nitrogen and oxygen atoms in total. The van der Waals surface area contributed by atoms with Crippen molar-refractivity contribution in [3.8, 4) is 0 Å². The fourth-order valence-electron chi connectivity index (χ4n) is 1.44. The van der Waals surface area contributed by atoms with Crippen molar-refractivity contribution in [3.63, 3.8) is 0 Å². The molecule has 7 heteroatoms. The van der Waals surface area contributed by atoms with E-state index in [9.17, 15) is 13.2 Å². The number of nitrogens with zero attached hydrogens (tertiary/aromatic N) is 1. The van der Waals surface area contributed by atoms with Crippen LogP contribution in [0.5, 0.6) is 0 Å². The average molecular weight is 276 g/mol. The maximum Gasteiger partial charge on any atom is 0.389 e. The summed E-state index contributed by atoms with van der Waals surface area (Å²) >= 11 is 0. The monoisotopic (exact) mass is 276 g/mol. The van der Waals surface area contributed by atoms with Gasteiger partial charge in [0.1, 0.15) is 0 Å². The van der Waals surface area contributed by atoms with Gasteiger partial charge in [0.2, 0.25) is 0 Å². The van der Waals surface area contributed by atoms with Gasteiger partial charge in [-0.05, 0) is 18.1 Å². The Balaban J connectivity index is 2.38. The zero-order chi connectivity index (χ0) is 14.3. The van der Waals surface area contributed by atoms with Crippen molar-refractivity contribution in [2.24, 2.45) is 10.9 Å². The van der Waals surface area contributed by atoms with Gasteiger partial charge >= 0.3 is 6.18 Å². The topological polar surface area (TPSA) is 67.8 Å². The molecule has 1 rings (SSSR count). The molecule has 0 heterocycles. The molecule has 19 heavy (non-hydrogen) atoms. The number of amidine groups is 1. The Morgan fingerprint density at radius 2 is 2.11 bits per heavy atom. The zero-order valence-electron chi connectivity index (χ0n) is 10.2. The summed E-state index contributed by atoms with van der Waals surface area (Å²) in [7, 11) is 0. The zero-order valence-corrected chi connectivity index (χ0v) is 10.2. The highest BCUT2D eigenvalue weighted by Crippen LogP contribution is 2.21. The van der Waals surface area contributed by atoms with E-state index in [-0.39, 0.29) is 25.5 Å². The first-order chi connectivity index (χ1) is 8.92. The third kappa shape index (κ3) is 6.10. The second kappa shape index (κ2) is 6.98. The van der Waals surface area contributed by atoms with E-state index < -0.39 is 12.6 Å². The highest BCUT2D eigenvalue weighted by atomic mass is 19.4. The van der Waals surface area contributed by atoms with Gasteiger partial charge in [-0.15, -0.1) is 0 Å². The van der Waals surface area contributed by atoms with Crippen LogP contribution in [-0.4, -0.2) is 23.8 Å². The number of halogens is 3. The summed E-state index contributed by atoms with van der Waals surface area (Å²) in [5.41, 5.74) is 6.69. The number of alkyl halides is 3. The minimum atomic E-state index is -4.14. The molecule has 0 saturated heterocycles. The van der Waals surface area contributed by atoms with E-state index in [0.29, 0.717) is 5.56 Å². The molecule has 0 unspecified atom stereocenters. The lowest BCUT2D eigenvalue weighted by Crippen LogP contribution is -2.13. The first kappa shape index (κ1) is 15.3. The Kier molecular flexibility index (Phi) is 5.62. The molecule has 0 radical (unpaired) electrons. The summed E-state index contributed by atoms with van der Waals surface area (Å²) in [4.78, 5) is 0. The van der Waals surface area contributed by atoms with Crippen LogP contribution in [0.1, 0.15) is 24.0 Å². The summed E-state index contributed by atoms with van der Waals surface area (Å²) in [6, 6.07) is 6.75. The summed E-state index contributed by atoms with van der Waals surface area (Å²) in [5, 5.41) is 11.4. The Hall–Kier alpha value is -1.76. The van der Waals surface area contributed by atoms with Crippen LogP contribution in [0.15, 0.2) is 29.4 Å². The van der Waals surface area contributed by atoms with Crippen molar-refractivity contribution in [2.75, 3.05) is 6.61 Å². The van der Waals surface area contributed by atoms with Gasteiger partial charge in [-0.25, -0.2) is 0 Å². The summed E-state index contributed by atoms with van der Waals surface area (Å²) in [6.07, 6.45) is -5.06. The van der Waals surface area contributed by atoms with Crippen molar-refractivity contribution in [3.05, 3.63) is 35.4 Å². The molecule has 0 aliphatic heterocycles. The van der Waals surface area contributed by atoms with Crippen molar-refractivity contribution in [1.29, 1.82) is 0 Å². The number of rotatable bonds is 6. The number of hydrogen-bond acceptors (Lipinski definition) is 3. The minimum Gasteiger partial charge on any atom is -0.409 e. The molecule has 106 valence electrons. The lowest BCUT2D eigenvalue weighted by molar-refractivity contribution is -0.138.